The van der Waals surface area contributed by atoms with Gasteiger partial charge in [-0.1, -0.05) is 0 Å². The highest BCUT2D eigenvalue weighted by Gasteiger charge is 2.18. The molecule has 0 saturated heterocycles. The van der Waals surface area contributed by atoms with Crippen LogP contribution in [0, 0.1) is 0 Å². The van der Waals surface area contributed by atoms with Gasteiger partial charge in [0.25, 0.3) is 0 Å². The summed E-state index contributed by atoms with van der Waals surface area (Å²) >= 11 is 3.41. The van der Waals surface area contributed by atoms with E-state index in [1.807, 2.05) is 6.07 Å². The van der Waals surface area contributed by atoms with Crippen LogP contribution in [0.15, 0.2) is 22.7 Å². The fraction of sp³-hybridized carbons (Fsp3) is 0.333. The molecule has 1 aromatic heterocycles. The van der Waals surface area contributed by atoms with Gasteiger partial charge in [0, 0.05) is 32.0 Å². The molecule has 0 amide bonds. The predicted molar refractivity (Wildman–Crippen MR) is 87.3 cm³/mol. The van der Waals surface area contributed by atoms with Gasteiger partial charge >= 0.3 is 0 Å². The molecule has 0 fully saturated rings. The zero-order chi connectivity index (χ0) is 15.0. The summed E-state index contributed by atoms with van der Waals surface area (Å²) in [6.45, 7) is 1.45. The number of ether oxygens (including phenoxy) is 1. The monoisotopic (exact) mass is 348 g/mol. The number of rotatable bonds is 3. The van der Waals surface area contributed by atoms with Crippen LogP contribution < -0.4 is 10.6 Å². The third kappa shape index (κ3) is 2.61. The maximum absolute atomic E-state index is 5.96. The number of nitrogens with two attached hydrogens (primary N) is 1. The minimum absolute atomic E-state index is 0.397. The van der Waals surface area contributed by atoms with Crippen LogP contribution in [0.5, 0.6) is 0 Å². The zero-order valence-electron chi connectivity index (χ0n) is 12.1. The average molecular weight is 349 g/mol. The minimum Gasteiger partial charge on any atom is -0.383 e. The molecule has 6 heteroatoms. The first-order valence-electron chi connectivity index (χ1n) is 6.75. The van der Waals surface area contributed by atoms with Crippen molar-refractivity contribution >= 4 is 27.4 Å². The number of aromatic nitrogens is 2. The number of nitrogens with zero attached hydrogens (tertiary/aromatic N) is 3. The Kier molecular flexibility index (Phi) is 3.82. The second kappa shape index (κ2) is 5.61. The first-order valence-corrected chi connectivity index (χ1v) is 7.54. The first-order chi connectivity index (χ1) is 10.1. The smallest absolute Gasteiger partial charge is 0.161 e. The minimum atomic E-state index is 0.397. The van der Waals surface area contributed by atoms with E-state index >= 15 is 0 Å². The Hall–Kier alpha value is -1.66. The summed E-state index contributed by atoms with van der Waals surface area (Å²) in [4.78, 5) is 11.2. The second-order valence-corrected chi connectivity index (χ2v) is 5.93. The topological polar surface area (TPSA) is 64.3 Å². The number of likely N-dealkylation sites (N-methyl/N-ethyl adjacent to an activating group) is 1. The van der Waals surface area contributed by atoms with Crippen LogP contribution in [0.25, 0.3) is 11.4 Å². The van der Waals surface area contributed by atoms with Gasteiger partial charge in [0.2, 0.25) is 0 Å². The lowest BCUT2D eigenvalue weighted by Crippen LogP contribution is -2.12. The van der Waals surface area contributed by atoms with E-state index in [2.05, 4.69) is 50.0 Å². The highest BCUT2D eigenvalue weighted by molar-refractivity contribution is 9.10. The van der Waals surface area contributed by atoms with E-state index in [1.165, 1.54) is 11.3 Å². The molecule has 0 unspecified atom stereocenters. The highest BCUT2D eigenvalue weighted by Crippen LogP contribution is 2.31. The van der Waals surface area contributed by atoms with Gasteiger partial charge in [-0.05, 0) is 46.1 Å². The van der Waals surface area contributed by atoms with E-state index in [0.29, 0.717) is 22.7 Å². The molecule has 21 heavy (non-hydrogen) atoms. The molecular weight excluding hydrogens is 332 g/mol. The van der Waals surface area contributed by atoms with Crippen LogP contribution in [0.4, 0.5) is 11.5 Å². The molecule has 0 aliphatic carbocycles. The molecule has 0 radical (unpaired) electrons. The van der Waals surface area contributed by atoms with E-state index in [4.69, 9.17) is 10.5 Å². The number of hydrogen-bond acceptors (Lipinski definition) is 5. The number of methoxy groups -OCH3 is 1. The van der Waals surface area contributed by atoms with Crippen molar-refractivity contribution in [3.8, 4) is 11.4 Å². The van der Waals surface area contributed by atoms with Gasteiger partial charge < -0.3 is 15.4 Å². The summed E-state index contributed by atoms with van der Waals surface area (Å²) in [7, 11) is 3.74. The molecular formula is C15H17BrN4O. The van der Waals surface area contributed by atoms with Crippen molar-refractivity contribution in [2.45, 2.75) is 13.0 Å². The molecule has 0 saturated carbocycles. The third-order valence-electron chi connectivity index (χ3n) is 3.69. The molecule has 0 atom stereocenters. The quantitative estimate of drug-likeness (QED) is 0.923. The van der Waals surface area contributed by atoms with Crippen LogP contribution in [-0.4, -0.2) is 30.7 Å². The number of hydrogen-bond donors (Lipinski definition) is 1. The number of benzene rings is 1. The number of halogens is 1. The van der Waals surface area contributed by atoms with Crippen molar-refractivity contribution in [1.82, 2.24) is 9.97 Å². The SMILES string of the molecule is COCc1nc(-c2ccc3c(c2)CCN3C)nc(N)c1Br. The normalized spacial score (nSPS) is 13.6. The van der Waals surface area contributed by atoms with E-state index in [1.54, 1.807) is 7.11 Å². The fourth-order valence-electron chi connectivity index (χ4n) is 2.58. The molecule has 2 N–H and O–H groups in total. The summed E-state index contributed by atoms with van der Waals surface area (Å²) in [5.74, 6) is 1.07. The maximum Gasteiger partial charge on any atom is 0.161 e. The Balaban J connectivity index is 2.05. The summed E-state index contributed by atoms with van der Waals surface area (Å²) in [6.07, 6.45) is 1.05. The van der Waals surface area contributed by atoms with E-state index in [9.17, 15) is 0 Å². The molecule has 5 nitrogen and oxygen atoms in total. The molecule has 1 aromatic carbocycles. The average Bonchev–Trinajstić information content (AvgIpc) is 2.85. The summed E-state index contributed by atoms with van der Waals surface area (Å²) in [6, 6.07) is 6.31. The lowest BCUT2D eigenvalue weighted by molar-refractivity contribution is 0.181. The number of fused-ring (bicyclic) bond motifs is 1. The number of nitrogen functional groups attached to an aromatic ring is 1. The van der Waals surface area contributed by atoms with Gasteiger partial charge in [0.15, 0.2) is 5.82 Å². The lowest BCUT2D eigenvalue weighted by atomic mass is 10.1. The van der Waals surface area contributed by atoms with Crippen LogP contribution in [0.3, 0.4) is 0 Å². The van der Waals surface area contributed by atoms with Crippen molar-refractivity contribution in [3.05, 3.63) is 33.9 Å². The molecule has 0 spiro atoms. The van der Waals surface area contributed by atoms with Crippen molar-refractivity contribution in [1.29, 1.82) is 0 Å². The van der Waals surface area contributed by atoms with E-state index < -0.39 is 0 Å². The Morgan fingerprint density at radius 2 is 2.19 bits per heavy atom. The zero-order valence-corrected chi connectivity index (χ0v) is 13.6. The maximum atomic E-state index is 5.96. The lowest BCUT2D eigenvalue weighted by Gasteiger charge is -2.12. The van der Waals surface area contributed by atoms with Gasteiger partial charge in [0.1, 0.15) is 5.82 Å². The molecule has 2 aromatic rings. The first kappa shape index (κ1) is 14.3. The molecule has 1 aliphatic rings. The number of anilines is 2. The molecule has 2 heterocycles. The van der Waals surface area contributed by atoms with Gasteiger partial charge in [-0.3, -0.25) is 0 Å². The predicted octanol–water partition coefficient (Wildman–Crippen LogP) is 2.63. The second-order valence-electron chi connectivity index (χ2n) is 5.14. The Morgan fingerprint density at radius 3 is 2.95 bits per heavy atom. The molecule has 110 valence electrons. The highest BCUT2D eigenvalue weighted by atomic mass is 79.9. The molecule has 1 aliphatic heterocycles. The van der Waals surface area contributed by atoms with Gasteiger partial charge in [-0.2, -0.15) is 0 Å². The van der Waals surface area contributed by atoms with Crippen molar-refractivity contribution in [2.75, 3.05) is 31.3 Å². The summed E-state index contributed by atoms with van der Waals surface area (Å²) in [5, 5.41) is 0. The van der Waals surface area contributed by atoms with Gasteiger partial charge in [-0.15, -0.1) is 0 Å². The Bertz CT molecular complexity index is 690. The van der Waals surface area contributed by atoms with Crippen LogP contribution in [0.1, 0.15) is 11.3 Å². The van der Waals surface area contributed by atoms with Gasteiger partial charge in [0.05, 0.1) is 16.8 Å². The summed E-state index contributed by atoms with van der Waals surface area (Å²) in [5.41, 5.74) is 10.3. The van der Waals surface area contributed by atoms with E-state index in [0.717, 1.165) is 24.2 Å². The molecule has 0 bridgehead atoms. The largest absolute Gasteiger partial charge is 0.383 e. The van der Waals surface area contributed by atoms with Gasteiger partial charge in [-0.25, -0.2) is 9.97 Å². The van der Waals surface area contributed by atoms with Crippen LogP contribution in [-0.2, 0) is 17.8 Å². The van der Waals surface area contributed by atoms with E-state index in [-0.39, 0.29) is 0 Å². The fourth-order valence-corrected chi connectivity index (χ4v) is 2.87. The van der Waals surface area contributed by atoms with Crippen molar-refractivity contribution < 1.29 is 4.74 Å². The standard InChI is InChI=1S/C15H17BrN4O/c1-20-6-5-9-7-10(3-4-12(9)20)15-18-11(8-21-2)13(16)14(17)19-15/h3-4,7H,5-6,8H2,1-2H3,(H2,17,18,19). The third-order valence-corrected chi connectivity index (χ3v) is 4.56. The molecule has 3 rings (SSSR count). The van der Waals surface area contributed by atoms with Crippen LogP contribution >= 0.6 is 15.9 Å². The van der Waals surface area contributed by atoms with Crippen LogP contribution in [0.2, 0.25) is 0 Å². The van der Waals surface area contributed by atoms with Crippen molar-refractivity contribution in [3.63, 3.8) is 0 Å². The Morgan fingerprint density at radius 1 is 1.38 bits per heavy atom. The Labute approximate surface area is 132 Å². The van der Waals surface area contributed by atoms with Crippen molar-refractivity contribution in [2.24, 2.45) is 0 Å². The summed E-state index contributed by atoms with van der Waals surface area (Å²) < 4.78 is 5.86.